The maximum Gasteiger partial charge on any atom is 0.243 e. The summed E-state index contributed by atoms with van der Waals surface area (Å²) in [6.07, 6.45) is 1.60. The van der Waals surface area contributed by atoms with Crippen LogP contribution in [0.2, 0.25) is 0 Å². The zero-order valence-electron chi connectivity index (χ0n) is 15.3. The Balaban J connectivity index is 1.81. The van der Waals surface area contributed by atoms with Crippen LogP contribution in [0.5, 0.6) is 0 Å². The van der Waals surface area contributed by atoms with Crippen molar-refractivity contribution in [1.82, 2.24) is 4.90 Å². The van der Waals surface area contributed by atoms with Crippen molar-refractivity contribution in [1.29, 1.82) is 0 Å². The van der Waals surface area contributed by atoms with Gasteiger partial charge in [0.15, 0.2) is 11.6 Å². The Morgan fingerprint density at radius 1 is 1.25 bits per heavy atom. The fourth-order valence-corrected chi connectivity index (χ4v) is 4.76. The second-order valence-corrected chi connectivity index (χ2v) is 7.75. The number of fused-ring (bicyclic) bond motifs is 2. The summed E-state index contributed by atoms with van der Waals surface area (Å²) < 4.78 is 40.6. The number of carbonyl (C=O) groups is 2. The second kappa shape index (κ2) is 7.71. The van der Waals surface area contributed by atoms with Crippen LogP contribution >= 0.6 is 0 Å². The molecule has 154 valence electrons. The van der Waals surface area contributed by atoms with Crippen LogP contribution in [0.1, 0.15) is 37.7 Å². The number of carbonyl (C=O) groups excluding carboxylic acids is 2. The summed E-state index contributed by atoms with van der Waals surface area (Å²) >= 11 is 0. The first-order valence-corrected chi connectivity index (χ1v) is 9.31. The van der Waals surface area contributed by atoms with E-state index in [9.17, 15) is 22.8 Å². The van der Waals surface area contributed by atoms with Crippen LogP contribution in [0, 0.1) is 23.4 Å². The molecule has 4 atom stereocenters. The zero-order chi connectivity index (χ0) is 20.6. The molecule has 0 spiro atoms. The van der Waals surface area contributed by atoms with Crippen molar-refractivity contribution in [2.75, 3.05) is 6.61 Å². The quantitative estimate of drug-likeness (QED) is 0.620. The van der Waals surface area contributed by atoms with Crippen LogP contribution in [0.3, 0.4) is 0 Å². The van der Waals surface area contributed by atoms with Gasteiger partial charge >= 0.3 is 0 Å². The van der Waals surface area contributed by atoms with Gasteiger partial charge in [-0.3, -0.25) is 9.59 Å². The van der Waals surface area contributed by atoms with Crippen molar-refractivity contribution >= 4 is 11.8 Å². The number of piperidine rings is 1. The standard InChI is InChI=1S/C19H24F3N3O3/c20-13-8-15(22)14(21)6-10(13)7-16(23)11-5-12-1-3-19(9-11,18(24)28)25(12)17(27)2-4-26/h6,8,11-12,16,26H,1-5,7,9,23H2,(H2,24,28)/t11?,12?,16-,19+/m1/s1. The molecule has 9 heteroatoms. The Kier molecular flexibility index (Phi) is 5.67. The van der Waals surface area contributed by atoms with Gasteiger partial charge in [0.2, 0.25) is 11.8 Å². The molecular formula is C19H24F3N3O3. The summed E-state index contributed by atoms with van der Waals surface area (Å²) in [6, 6.07) is 0.422. The van der Waals surface area contributed by atoms with Crippen LogP contribution in [-0.2, 0) is 16.0 Å². The normalized spacial score (nSPS) is 27.7. The van der Waals surface area contributed by atoms with Gasteiger partial charge < -0.3 is 21.5 Å². The van der Waals surface area contributed by atoms with Crippen molar-refractivity contribution in [3.63, 3.8) is 0 Å². The van der Waals surface area contributed by atoms with Gasteiger partial charge in [0.25, 0.3) is 0 Å². The molecule has 2 fully saturated rings. The average molecular weight is 399 g/mol. The number of nitrogens with two attached hydrogens (primary N) is 2. The van der Waals surface area contributed by atoms with E-state index in [4.69, 9.17) is 16.6 Å². The van der Waals surface area contributed by atoms with Gasteiger partial charge in [-0.1, -0.05) is 0 Å². The lowest BCUT2D eigenvalue weighted by molar-refractivity contribution is -0.151. The SMILES string of the molecule is NC(=O)[C@]12CCC(CC([C@H](N)Cc3cc(F)c(F)cc3F)C1)N2C(=O)CCO. The van der Waals surface area contributed by atoms with Crippen molar-refractivity contribution in [3.05, 3.63) is 35.1 Å². The van der Waals surface area contributed by atoms with Crippen LogP contribution in [0.4, 0.5) is 13.2 Å². The maximum atomic E-state index is 14.0. The van der Waals surface area contributed by atoms with E-state index in [0.29, 0.717) is 25.3 Å². The highest BCUT2D eigenvalue weighted by Crippen LogP contribution is 2.47. The molecule has 0 radical (unpaired) electrons. The number of halogens is 3. The highest BCUT2D eigenvalue weighted by molar-refractivity contribution is 5.91. The molecule has 3 rings (SSSR count). The number of amides is 2. The largest absolute Gasteiger partial charge is 0.396 e. The summed E-state index contributed by atoms with van der Waals surface area (Å²) in [5.41, 5.74) is 10.7. The number of hydrogen-bond acceptors (Lipinski definition) is 4. The van der Waals surface area contributed by atoms with E-state index in [2.05, 4.69) is 0 Å². The summed E-state index contributed by atoms with van der Waals surface area (Å²) in [5, 5.41) is 9.08. The highest BCUT2D eigenvalue weighted by atomic mass is 19.2. The maximum absolute atomic E-state index is 14.0. The molecular weight excluding hydrogens is 375 g/mol. The van der Waals surface area contributed by atoms with Crippen molar-refractivity contribution in [3.8, 4) is 0 Å². The number of primary amides is 1. The molecule has 2 heterocycles. The van der Waals surface area contributed by atoms with Gasteiger partial charge in [-0.25, -0.2) is 13.2 Å². The molecule has 2 bridgehead atoms. The molecule has 1 aromatic rings. The third kappa shape index (κ3) is 3.48. The van der Waals surface area contributed by atoms with E-state index in [1.54, 1.807) is 0 Å². The number of rotatable bonds is 6. The van der Waals surface area contributed by atoms with Gasteiger partial charge in [0.1, 0.15) is 11.4 Å². The summed E-state index contributed by atoms with van der Waals surface area (Å²) in [5.74, 6) is -4.50. The topological polar surface area (TPSA) is 110 Å². The minimum absolute atomic E-state index is 0.0279. The Hall–Kier alpha value is -2.13. The Morgan fingerprint density at radius 2 is 1.93 bits per heavy atom. The van der Waals surface area contributed by atoms with E-state index < -0.39 is 34.9 Å². The molecule has 2 aliphatic heterocycles. The molecule has 28 heavy (non-hydrogen) atoms. The number of hydrogen-bond donors (Lipinski definition) is 3. The molecule has 5 N–H and O–H groups in total. The molecule has 0 aliphatic carbocycles. The van der Waals surface area contributed by atoms with E-state index in [1.807, 2.05) is 0 Å². The van der Waals surface area contributed by atoms with Gasteiger partial charge in [0.05, 0.1) is 6.61 Å². The molecule has 0 saturated carbocycles. The van der Waals surface area contributed by atoms with Gasteiger partial charge in [0, 0.05) is 24.6 Å². The zero-order valence-corrected chi connectivity index (χ0v) is 15.3. The lowest BCUT2D eigenvalue weighted by Gasteiger charge is -2.47. The van der Waals surface area contributed by atoms with Crippen LogP contribution in [0.25, 0.3) is 0 Å². The summed E-state index contributed by atoms with van der Waals surface area (Å²) in [4.78, 5) is 26.2. The van der Waals surface area contributed by atoms with E-state index in [1.165, 1.54) is 4.90 Å². The van der Waals surface area contributed by atoms with Crippen molar-refractivity contribution < 1.29 is 27.9 Å². The Bertz CT molecular complexity index is 791. The third-order valence-electron chi connectivity index (χ3n) is 6.10. The molecule has 2 saturated heterocycles. The predicted octanol–water partition coefficient (Wildman–Crippen LogP) is 0.981. The number of aliphatic hydroxyl groups is 1. The lowest BCUT2D eigenvalue weighted by Crippen LogP contribution is -2.63. The third-order valence-corrected chi connectivity index (χ3v) is 6.10. The van der Waals surface area contributed by atoms with Crippen LogP contribution in [-0.4, -0.2) is 46.1 Å². The van der Waals surface area contributed by atoms with Crippen LogP contribution < -0.4 is 11.5 Å². The van der Waals surface area contributed by atoms with Gasteiger partial charge in [-0.15, -0.1) is 0 Å². The Morgan fingerprint density at radius 3 is 2.57 bits per heavy atom. The fourth-order valence-electron chi connectivity index (χ4n) is 4.76. The Labute approximate surface area is 160 Å². The van der Waals surface area contributed by atoms with Gasteiger partial charge in [-0.05, 0) is 49.7 Å². The number of nitrogens with zero attached hydrogens (tertiary/aromatic N) is 1. The van der Waals surface area contributed by atoms with E-state index in [0.717, 1.165) is 6.07 Å². The molecule has 1 aromatic carbocycles. The van der Waals surface area contributed by atoms with E-state index in [-0.39, 0.29) is 49.3 Å². The number of aliphatic hydroxyl groups excluding tert-OH is 1. The fraction of sp³-hybridized carbons (Fsp3) is 0.579. The van der Waals surface area contributed by atoms with Crippen LogP contribution in [0.15, 0.2) is 12.1 Å². The molecule has 6 nitrogen and oxygen atoms in total. The van der Waals surface area contributed by atoms with Gasteiger partial charge in [-0.2, -0.15) is 0 Å². The number of benzene rings is 1. The predicted molar refractivity (Wildman–Crippen MR) is 94.2 cm³/mol. The van der Waals surface area contributed by atoms with E-state index >= 15 is 0 Å². The first-order valence-electron chi connectivity index (χ1n) is 9.31. The highest BCUT2D eigenvalue weighted by Gasteiger charge is 2.57. The molecule has 0 aromatic heterocycles. The molecule has 2 amide bonds. The first kappa shape index (κ1) is 20.6. The minimum atomic E-state index is -1.27. The summed E-state index contributed by atoms with van der Waals surface area (Å²) in [6.45, 7) is -0.324. The first-order chi connectivity index (χ1) is 13.2. The van der Waals surface area contributed by atoms with Crippen molar-refractivity contribution in [2.24, 2.45) is 17.4 Å². The lowest BCUT2D eigenvalue weighted by atomic mass is 9.76. The smallest absolute Gasteiger partial charge is 0.243 e. The molecule has 2 unspecified atom stereocenters. The monoisotopic (exact) mass is 399 g/mol. The average Bonchev–Trinajstić information content (AvgIpc) is 2.87. The molecule has 2 aliphatic rings. The minimum Gasteiger partial charge on any atom is -0.396 e. The summed E-state index contributed by atoms with van der Waals surface area (Å²) in [7, 11) is 0. The van der Waals surface area contributed by atoms with Crippen molar-refractivity contribution in [2.45, 2.75) is 56.1 Å². The second-order valence-electron chi connectivity index (χ2n) is 7.75.